The van der Waals surface area contributed by atoms with Gasteiger partial charge in [-0.3, -0.25) is 14.5 Å². The van der Waals surface area contributed by atoms with E-state index >= 15 is 0 Å². The van der Waals surface area contributed by atoms with Crippen molar-refractivity contribution in [1.82, 2.24) is 0 Å². The highest BCUT2D eigenvalue weighted by Crippen LogP contribution is 2.24. The van der Waals surface area contributed by atoms with Crippen LogP contribution < -0.4 is 15.5 Å². The summed E-state index contributed by atoms with van der Waals surface area (Å²) in [5.41, 5.74) is 2.35. The van der Waals surface area contributed by atoms with Gasteiger partial charge < -0.3 is 10.6 Å². The number of hydrogen-bond acceptors (Lipinski definition) is 3. The van der Waals surface area contributed by atoms with Crippen LogP contribution in [0.25, 0.3) is 0 Å². The lowest BCUT2D eigenvalue weighted by molar-refractivity contribution is -0.129. The molecule has 2 N–H and O–H groups in total. The van der Waals surface area contributed by atoms with Crippen LogP contribution in [0.5, 0.6) is 0 Å². The number of piperidine rings is 1. The van der Waals surface area contributed by atoms with Gasteiger partial charge in [-0.15, -0.1) is 0 Å². The number of nitrogens with one attached hydrogen (secondary N) is 2. The van der Waals surface area contributed by atoms with Gasteiger partial charge in [-0.25, -0.2) is 4.39 Å². The fourth-order valence-corrected chi connectivity index (χ4v) is 2.94. The Hall–Kier alpha value is -2.80. The smallest absolute Gasteiger partial charge is 0.233 e. The average Bonchev–Trinajstić information content (AvgIpc) is 2.59. The largest absolute Gasteiger partial charge is 0.332 e. The van der Waals surface area contributed by atoms with Gasteiger partial charge in [0.1, 0.15) is 5.82 Å². The number of benzene rings is 2. The number of imide groups is 1. The molecule has 0 radical (unpaired) electrons. The van der Waals surface area contributed by atoms with Crippen molar-refractivity contribution in [2.75, 3.05) is 15.5 Å². The first-order valence-electron chi connectivity index (χ1n) is 8.24. The lowest BCUT2D eigenvalue weighted by atomic mass is 10.1. The molecule has 26 heavy (non-hydrogen) atoms. The second kappa shape index (κ2) is 7.61. The maximum Gasteiger partial charge on any atom is 0.233 e. The number of aryl methyl sites for hydroxylation is 1. The van der Waals surface area contributed by atoms with Crippen LogP contribution in [0.2, 0.25) is 0 Å². The van der Waals surface area contributed by atoms with Gasteiger partial charge in [0, 0.05) is 24.2 Å². The molecule has 0 saturated carbocycles. The first kappa shape index (κ1) is 18.0. The number of anilines is 3. The molecule has 2 aromatic carbocycles. The summed E-state index contributed by atoms with van der Waals surface area (Å²) >= 11 is 5.23. The highest BCUT2D eigenvalue weighted by molar-refractivity contribution is 7.80. The zero-order valence-corrected chi connectivity index (χ0v) is 15.0. The van der Waals surface area contributed by atoms with Crippen molar-refractivity contribution in [2.24, 2.45) is 0 Å². The van der Waals surface area contributed by atoms with Gasteiger partial charge in [-0.1, -0.05) is 6.07 Å². The number of thiocarbonyl (C=S) groups is 1. The molecule has 0 aromatic heterocycles. The molecule has 0 aliphatic carbocycles. The van der Waals surface area contributed by atoms with Gasteiger partial charge in [0.2, 0.25) is 11.8 Å². The molecule has 2 aromatic rings. The number of amides is 2. The molecular formula is C19H18FN3O2S. The zero-order chi connectivity index (χ0) is 18.7. The normalized spacial score (nSPS) is 14.3. The predicted molar refractivity (Wildman–Crippen MR) is 104 cm³/mol. The minimum Gasteiger partial charge on any atom is -0.332 e. The average molecular weight is 371 g/mol. The van der Waals surface area contributed by atoms with E-state index in [9.17, 15) is 14.0 Å². The van der Waals surface area contributed by atoms with E-state index in [1.165, 1.54) is 11.0 Å². The minimum atomic E-state index is -0.307. The fraction of sp³-hybridized carbons (Fsp3) is 0.211. The Labute approximate surface area is 156 Å². The van der Waals surface area contributed by atoms with Crippen molar-refractivity contribution in [3.63, 3.8) is 0 Å². The van der Waals surface area contributed by atoms with Crippen molar-refractivity contribution in [3.05, 3.63) is 53.8 Å². The van der Waals surface area contributed by atoms with Gasteiger partial charge >= 0.3 is 0 Å². The summed E-state index contributed by atoms with van der Waals surface area (Å²) < 4.78 is 13.6. The second-order valence-electron chi connectivity index (χ2n) is 6.07. The Morgan fingerprint density at radius 2 is 1.58 bits per heavy atom. The molecule has 2 amide bonds. The molecular weight excluding hydrogens is 353 g/mol. The summed E-state index contributed by atoms with van der Waals surface area (Å²) in [5, 5.41) is 6.21. The lowest BCUT2D eigenvalue weighted by Gasteiger charge is -2.25. The van der Waals surface area contributed by atoms with E-state index < -0.39 is 0 Å². The molecule has 0 spiro atoms. The summed E-state index contributed by atoms with van der Waals surface area (Å²) in [6.45, 7) is 1.69. The Bertz CT molecular complexity index is 852. The van der Waals surface area contributed by atoms with E-state index in [4.69, 9.17) is 12.2 Å². The first-order valence-corrected chi connectivity index (χ1v) is 8.65. The van der Waals surface area contributed by atoms with Gasteiger partial charge in [-0.2, -0.15) is 0 Å². The summed E-state index contributed by atoms with van der Waals surface area (Å²) in [5.74, 6) is -0.667. The maximum atomic E-state index is 13.6. The quantitative estimate of drug-likeness (QED) is 0.631. The number of rotatable bonds is 3. The van der Waals surface area contributed by atoms with Gasteiger partial charge in [0.25, 0.3) is 0 Å². The van der Waals surface area contributed by atoms with Crippen LogP contribution >= 0.6 is 12.2 Å². The van der Waals surface area contributed by atoms with Crippen LogP contribution in [-0.4, -0.2) is 16.9 Å². The van der Waals surface area contributed by atoms with Crippen LogP contribution in [-0.2, 0) is 9.59 Å². The molecule has 1 aliphatic rings. The molecule has 5 nitrogen and oxygen atoms in total. The van der Waals surface area contributed by atoms with Crippen LogP contribution in [0.1, 0.15) is 24.8 Å². The molecule has 134 valence electrons. The number of carbonyl (C=O) groups is 2. The van der Waals surface area contributed by atoms with E-state index in [-0.39, 0.29) is 17.6 Å². The van der Waals surface area contributed by atoms with Crippen molar-refractivity contribution in [2.45, 2.75) is 26.2 Å². The third kappa shape index (κ3) is 4.05. The highest BCUT2D eigenvalue weighted by atomic mass is 32.1. The molecule has 3 rings (SSSR count). The molecule has 0 unspecified atom stereocenters. The van der Waals surface area contributed by atoms with Crippen LogP contribution in [0, 0.1) is 12.7 Å². The third-order valence-corrected chi connectivity index (χ3v) is 4.30. The van der Waals surface area contributed by atoms with E-state index in [0.717, 1.165) is 0 Å². The topological polar surface area (TPSA) is 61.4 Å². The second-order valence-corrected chi connectivity index (χ2v) is 6.47. The Kier molecular flexibility index (Phi) is 5.27. The first-order chi connectivity index (χ1) is 12.4. The van der Waals surface area contributed by atoms with E-state index in [1.807, 2.05) is 0 Å². The molecule has 0 bridgehead atoms. The number of halogens is 1. The molecule has 1 fully saturated rings. The molecule has 7 heteroatoms. The molecule has 1 aliphatic heterocycles. The van der Waals surface area contributed by atoms with Gasteiger partial charge in [0.05, 0.1) is 5.69 Å². The van der Waals surface area contributed by atoms with Gasteiger partial charge in [0.15, 0.2) is 5.11 Å². The molecule has 0 atom stereocenters. The fourth-order valence-electron chi connectivity index (χ4n) is 2.70. The van der Waals surface area contributed by atoms with E-state index in [2.05, 4.69) is 10.6 Å². The molecule has 1 heterocycles. The van der Waals surface area contributed by atoms with E-state index in [1.54, 1.807) is 43.3 Å². The SMILES string of the molecule is Cc1ccc(NC(=S)Nc2ccc(N3C(=O)CCCC3=O)cc2)cc1F. The standard InChI is InChI=1S/C19H18FN3O2S/c1-12-5-6-14(11-16(12)20)22-19(26)21-13-7-9-15(10-8-13)23-17(24)3-2-4-18(23)25/h5-11H,2-4H2,1H3,(H2,21,22,26). The van der Waals surface area contributed by atoms with Crippen LogP contribution in [0.15, 0.2) is 42.5 Å². The summed E-state index contributed by atoms with van der Waals surface area (Å²) in [7, 11) is 0. The highest BCUT2D eigenvalue weighted by Gasteiger charge is 2.27. The number of nitrogens with zero attached hydrogens (tertiary/aromatic N) is 1. The third-order valence-electron chi connectivity index (χ3n) is 4.09. The predicted octanol–water partition coefficient (Wildman–Crippen LogP) is 3.99. The van der Waals surface area contributed by atoms with Crippen molar-refractivity contribution in [3.8, 4) is 0 Å². The lowest BCUT2D eigenvalue weighted by Crippen LogP contribution is -2.40. The number of hydrogen-bond donors (Lipinski definition) is 2. The molecule has 1 saturated heterocycles. The van der Waals surface area contributed by atoms with Crippen molar-refractivity contribution in [1.29, 1.82) is 0 Å². The van der Waals surface area contributed by atoms with Crippen LogP contribution in [0.3, 0.4) is 0 Å². The zero-order valence-electron chi connectivity index (χ0n) is 14.2. The van der Waals surface area contributed by atoms with Gasteiger partial charge in [-0.05, 0) is 67.5 Å². The Morgan fingerprint density at radius 3 is 2.19 bits per heavy atom. The Morgan fingerprint density at radius 1 is 1.00 bits per heavy atom. The monoisotopic (exact) mass is 371 g/mol. The van der Waals surface area contributed by atoms with Crippen molar-refractivity contribution >= 4 is 46.2 Å². The summed E-state index contributed by atoms with van der Waals surface area (Å²) in [6.07, 6.45) is 1.37. The summed E-state index contributed by atoms with van der Waals surface area (Å²) in [6, 6.07) is 11.6. The van der Waals surface area contributed by atoms with Crippen LogP contribution in [0.4, 0.5) is 21.5 Å². The number of carbonyl (C=O) groups excluding carboxylic acids is 2. The van der Waals surface area contributed by atoms with E-state index in [0.29, 0.717) is 47.0 Å². The Balaban J connectivity index is 1.65. The summed E-state index contributed by atoms with van der Waals surface area (Å²) in [4.78, 5) is 25.1. The van der Waals surface area contributed by atoms with Crippen molar-refractivity contribution < 1.29 is 14.0 Å². The maximum absolute atomic E-state index is 13.6. The minimum absolute atomic E-state index is 0.180.